The Morgan fingerprint density at radius 2 is 0.930 bits per heavy atom. The fourth-order valence-electron chi connectivity index (χ4n) is 5.15. The van der Waals surface area contributed by atoms with Gasteiger partial charge in [-0.15, -0.1) is 0 Å². The molecule has 8 rings (SSSR count). The second-order valence-electron chi connectivity index (χ2n) is 9.52. The number of rotatable bonds is 5. The average molecular weight is 564 g/mol. The van der Waals surface area contributed by atoms with Gasteiger partial charge in [-0.25, -0.2) is 15.0 Å². The van der Waals surface area contributed by atoms with Crippen molar-refractivity contribution in [1.82, 2.24) is 19.5 Å². The van der Waals surface area contributed by atoms with Crippen molar-refractivity contribution in [2.75, 3.05) is 0 Å². The Morgan fingerprint density at radius 1 is 0.419 bits per heavy atom. The first-order valence-electron chi connectivity index (χ1n) is 19.8. The smallest absolute Gasteiger partial charge is 0.166 e. The number of hydrogen-bond donors (Lipinski definition) is 0. The number of hydrogen-bond acceptors (Lipinski definition) is 3. The van der Waals surface area contributed by atoms with E-state index in [2.05, 4.69) is 4.98 Å². The summed E-state index contributed by atoms with van der Waals surface area (Å²) in [4.78, 5) is 14.2. The van der Waals surface area contributed by atoms with E-state index < -0.39 is 78.6 Å². The van der Waals surface area contributed by atoms with Gasteiger partial charge in [-0.05, 0) is 23.7 Å². The van der Waals surface area contributed by atoms with Crippen LogP contribution in [0.1, 0.15) is 17.8 Å². The highest BCUT2D eigenvalue weighted by atomic mass is 15.1. The van der Waals surface area contributed by atoms with Crippen molar-refractivity contribution in [3.63, 3.8) is 0 Å². The Kier molecular flexibility index (Phi) is 3.63. The van der Waals surface area contributed by atoms with Crippen LogP contribution in [0.15, 0.2) is 157 Å². The summed E-state index contributed by atoms with van der Waals surface area (Å²) < 4.78 is 114. The highest BCUT2D eigenvalue weighted by molar-refractivity contribution is 6.10. The quantitative estimate of drug-likeness (QED) is 0.209. The lowest BCUT2D eigenvalue weighted by Crippen LogP contribution is -2.05. The van der Waals surface area contributed by atoms with E-state index in [0.717, 1.165) is 0 Å². The molecule has 0 amide bonds. The zero-order valence-corrected chi connectivity index (χ0v) is 22.3. The molecule has 0 unspecified atom stereocenters. The van der Waals surface area contributed by atoms with Crippen molar-refractivity contribution in [2.45, 2.75) is 0 Å². The van der Waals surface area contributed by atoms with Crippen molar-refractivity contribution in [2.24, 2.45) is 0 Å². The van der Waals surface area contributed by atoms with E-state index in [0.29, 0.717) is 16.7 Å². The van der Waals surface area contributed by atoms with Gasteiger partial charge in [0.1, 0.15) is 0 Å². The third-order valence-electron chi connectivity index (χ3n) is 7.01. The van der Waals surface area contributed by atoms with Crippen LogP contribution in [0, 0.1) is 0 Å². The van der Waals surface area contributed by atoms with Gasteiger partial charge in [0.25, 0.3) is 0 Å². The fourth-order valence-corrected chi connectivity index (χ4v) is 5.15. The van der Waals surface area contributed by atoms with Gasteiger partial charge in [-0.1, -0.05) is 139 Å². The maximum atomic E-state index is 9.18. The number of benzene rings is 6. The van der Waals surface area contributed by atoms with Crippen molar-refractivity contribution in [3.05, 3.63) is 157 Å². The predicted octanol–water partition coefficient (Wildman–Crippen LogP) is 9.64. The molecule has 0 aliphatic rings. The zero-order valence-electron chi connectivity index (χ0n) is 35.3. The van der Waals surface area contributed by atoms with Gasteiger partial charge in [-0.2, -0.15) is 0 Å². The fraction of sp³-hybridized carbons (Fsp3) is 0. The lowest BCUT2D eigenvalue weighted by Gasteiger charge is -2.19. The Morgan fingerprint density at radius 3 is 1.58 bits per heavy atom. The SMILES string of the molecule is [2H]c1c([2H])c([2H])c(-c2nc(-c3ccccc3)nc(-c3cccc(-c4ccccc4)c3-n3c4c([2H])c([2H])c([2H])c([2H])c4c4c([2H])c([2H])c([2H])c([2H])c43)n2)c([2H])c1[2H]. The molecule has 2 aromatic heterocycles. The topological polar surface area (TPSA) is 43.6 Å². The zero-order chi connectivity index (χ0) is 39.9. The van der Waals surface area contributed by atoms with Crippen LogP contribution in [0.2, 0.25) is 0 Å². The molecule has 0 aliphatic carbocycles. The molecule has 0 aliphatic heterocycles. The van der Waals surface area contributed by atoms with Gasteiger partial charge in [0.2, 0.25) is 0 Å². The van der Waals surface area contributed by atoms with E-state index in [-0.39, 0.29) is 56.1 Å². The third kappa shape index (κ3) is 4.37. The minimum Gasteiger partial charge on any atom is -0.308 e. The molecule has 0 radical (unpaired) electrons. The normalized spacial score (nSPS) is 15.5. The molecular weight excluding hydrogens is 524 g/mol. The molecule has 6 aromatic carbocycles. The third-order valence-corrected chi connectivity index (χ3v) is 7.01. The van der Waals surface area contributed by atoms with E-state index in [4.69, 9.17) is 25.0 Å². The average Bonchev–Trinajstić information content (AvgIpc) is 3.58. The van der Waals surface area contributed by atoms with Crippen LogP contribution in [-0.4, -0.2) is 19.5 Å². The minimum absolute atomic E-state index is 0.0647. The van der Waals surface area contributed by atoms with Crippen LogP contribution < -0.4 is 0 Å². The monoisotopic (exact) mass is 563 g/mol. The first-order chi connectivity index (χ1) is 26.7. The molecule has 43 heavy (non-hydrogen) atoms. The Hall–Kier alpha value is -5.87. The van der Waals surface area contributed by atoms with E-state index in [9.17, 15) is 2.74 Å². The highest BCUT2D eigenvalue weighted by Crippen LogP contribution is 2.40. The van der Waals surface area contributed by atoms with Gasteiger partial charge >= 0.3 is 0 Å². The Bertz CT molecular complexity index is 2850. The van der Waals surface area contributed by atoms with E-state index in [1.165, 1.54) is 4.57 Å². The van der Waals surface area contributed by atoms with Crippen molar-refractivity contribution < 1.29 is 17.8 Å². The van der Waals surface area contributed by atoms with Crippen LogP contribution in [0.25, 0.3) is 72.8 Å². The molecule has 2 heterocycles. The lowest BCUT2D eigenvalue weighted by atomic mass is 9.98. The summed E-state index contributed by atoms with van der Waals surface area (Å²) in [5.74, 6) is -0.224. The minimum atomic E-state index is -0.598. The number of aromatic nitrogens is 4. The molecule has 0 atom stereocenters. The molecule has 0 fully saturated rings. The molecule has 202 valence electrons. The molecule has 0 N–H and O–H groups in total. The van der Waals surface area contributed by atoms with Crippen LogP contribution >= 0.6 is 0 Å². The molecule has 0 saturated heterocycles. The van der Waals surface area contributed by atoms with Crippen LogP contribution in [-0.2, 0) is 0 Å². The molecule has 4 heteroatoms. The lowest BCUT2D eigenvalue weighted by molar-refractivity contribution is 1.06. The summed E-state index contributed by atoms with van der Waals surface area (Å²) in [6.07, 6.45) is 0. The largest absolute Gasteiger partial charge is 0.308 e. The van der Waals surface area contributed by atoms with E-state index in [1.807, 2.05) is 18.2 Å². The van der Waals surface area contributed by atoms with Gasteiger partial charge in [0.05, 0.1) is 34.5 Å². The van der Waals surface area contributed by atoms with Gasteiger partial charge in [0, 0.05) is 33.0 Å². The van der Waals surface area contributed by atoms with Crippen molar-refractivity contribution >= 4 is 21.8 Å². The molecule has 8 aromatic rings. The molecule has 0 bridgehead atoms. The number of nitrogens with zero attached hydrogens (tertiary/aromatic N) is 4. The number of fused-ring (bicyclic) bond motifs is 3. The maximum Gasteiger partial charge on any atom is 0.166 e. The molecule has 0 spiro atoms. The summed E-state index contributed by atoms with van der Waals surface area (Å²) in [6, 6.07) is 15.7. The predicted molar refractivity (Wildman–Crippen MR) is 176 cm³/mol. The summed E-state index contributed by atoms with van der Waals surface area (Å²) in [7, 11) is 0. The van der Waals surface area contributed by atoms with Crippen LogP contribution in [0.5, 0.6) is 0 Å². The maximum absolute atomic E-state index is 9.18. The van der Waals surface area contributed by atoms with Gasteiger partial charge in [-0.3, -0.25) is 0 Å². The van der Waals surface area contributed by atoms with Crippen LogP contribution in [0.4, 0.5) is 0 Å². The van der Waals surface area contributed by atoms with E-state index in [1.54, 1.807) is 60.7 Å². The van der Waals surface area contributed by atoms with Crippen LogP contribution in [0.3, 0.4) is 0 Å². The second-order valence-corrected chi connectivity index (χ2v) is 9.52. The summed E-state index contributed by atoms with van der Waals surface area (Å²) in [5.41, 5.74) is 1.47. The van der Waals surface area contributed by atoms with E-state index >= 15 is 0 Å². The van der Waals surface area contributed by atoms with Gasteiger partial charge < -0.3 is 4.57 Å². The highest BCUT2D eigenvalue weighted by Gasteiger charge is 2.22. The first-order valence-corrected chi connectivity index (χ1v) is 13.3. The molecule has 4 nitrogen and oxygen atoms in total. The van der Waals surface area contributed by atoms with Gasteiger partial charge in [0.15, 0.2) is 17.5 Å². The Labute approximate surface area is 267 Å². The van der Waals surface area contributed by atoms with Crippen molar-refractivity contribution in [1.29, 1.82) is 0 Å². The van der Waals surface area contributed by atoms with Crippen molar-refractivity contribution in [3.8, 4) is 51.0 Å². The summed E-state index contributed by atoms with van der Waals surface area (Å²) in [6.45, 7) is 0. The first kappa shape index (κ1) is 14.9. The summed E-state index contributed by atoms with van der Waals surface area (Å²) in [5, 5.41) is -0.237. The second kappa shape index (κ2) is 10.5. The summed E-state index contributed by atoms with van der Waals surface area (Å²) >= 11 is 0. The number of para-hydroxylation sites is 3. The molecule has 0 saturated carbocycles. The Balaban J connectivity index is 1.61. The standard InChI is InChI=1S/C39H26N4/c1-4-15-27(16-5-1)30-23-14-24-33(36(30)43-34-25-12-10-21-31(34)32-22-11-13-26-35(32)43)39-41-37(28-17-6-2-7-18-28)40-38(42-39)29-19-8-3-9-20-29/h1-26H/i2D,6D,7D,10D,11D,12D,13D,17D,18D,21D,22D,25D,26D. The molecular formula is C39H26N4.